The lowest BCUT2D eigenvalue weighted by Gasteiger charge is -2.28. The normalized spacial score (nSPS) is 16.2. The highest BCUT2D eigenvalue weighted by atomic mass is 32.1. The Morgan fingerprint density at radius 1 is 1.10 bits per heavy atom. The molecule has 0 saturated heterocycles. The van der Waals surface area contributed by atoms with Gasteiger partial charge in [0.05, 0.1) is 40.0 Å². The minimum Gasteiger partial charge on any atom is -0.506 e. The van der Waals surface area contributed by atoms with Crippen molar-refractivity contribution in [1.82, 2.24) is 4.98 Å². The Morgan fingerprint density at radius 3 is 2.42 bits per heavy atom. The lowest BCUT2D eigenvalue weighted by Crippen LogP contribution is -2.31. The van der Waals surface area contributed by atoms with Gasteiger partial charge in [0.15, 0.2) is 5.76 Å². The number of amides is 1. The van der Waals surface area contributed by atoms with Crippen molar-refractivity contribution in [3.8, 4) is 11.5 Å². The minimum absolute atomic E-state index is 0.0792. The van der Waals surface area contributed by atoms with Gasteiger partial charge in [-0.1, -0.05) is 30.3 Å². The molecule has 3 aromatic rings. The Morgan fingerprint density at radius 2 is 1.77 bits per heavy atom. The number of carbonyl (C=O) groups excluding carboxylic acids is 2. The van der Waals surface area contributed by atoms with Crippen LogP contribution in [-0.2, 0) is 4.79 Å². The van der Waals surface area contributed by atoms with Crippen LogP contribution in [0.4, 0.5) is 5.69 Å². The van der Waals surface area contributed by atoms with Crippen LogP contribution >= 0.6 is 11.3 Å². The number of phenols is 1. The maximum atomic E-state index is 13.6. The number of ether oxygens (including phenoxy) is 1. The van der Waals surface area contributed by atoms with Crippen molar-refractivity contribution in [2.24, 2.45) is 0 Å². The molecule has 2 heterocycles. The first kappa shape index (κ1) is 20.6. The molecule has 1 aliphatic rings. The van der Waals surface area contributed by atoms with Gasteiger partial charge in [0.1, 0.15) is 11.5 Å². The Hall–Kier alpha value is -3.65. The number of aryl methyl sites for hydroxylation is 2. The van der Waals surface area contributed by atoms with Gasteiger partial charge >= 0.3 is 0 Å². The summed E-state index contributed by atoms with van der Waals surface area (Å²) in [7, 11) is 1.49. The zero-order valence-corrected chi connectivity index (χ0v) is 17.9. The second-order valence-corrected chi connectivity index (χ2v) is 8.25. The molecule has 2 aromatic carbocycles. The Bertz CT molecular complexity index is 1230. The van der Waals surface area contributed by atoms with Crippen LogP contribution in [0.1, 0.15) is 32.0 Å². The number of ketones is 1. The predicted octanol–water partition coefficient (Wildman–Crippen LogP) is 4.26. The average Bonchev–Trinajstić information content (AvgIpc) is 3.23. The number of para-hydroxylation sites is 3. The van der Waals surface area contributed by atoms with Crippen LogP contribution in [0.25, 0.3) is 0 Å². The van der Waals surface area contributed by atoms with E-state index in [1.165, 1.54) is 29.4 Å². The molecule has 0 aliphatic carbocycles. The first-order chi connectivity index (χ1) is 14.8. The number of Topliss-reactive ketones (excluding diaryl/α,β-unsaturated/α-hetero) is 1. The number of aromatic hydroxyl groups is 1. The highest BCUT2D eigenvalue weighted by Gasteiger charge is 2.47. The summed E-state index contributed by atoms with van der Waals surface area (Å²) in [5, 5.41) is 22.0. The van der Waals surface area contributed by atoms with Gasteiger partial charge in [-0.3, -0.25) is 14.5 Å². The van der Waals surface area contributed by atoms with E-state index in [2.05, 4.69) is 4.98 Å². The summed E-state index contributed by atoms with van der Waals surface area (Å²) < 4.78 is 5.48. The minimum atomic E-state index is -0.994. The van der Waals surface area contributed by atoms with E-state index in [-0.39, 0.29) is 17.0 Å². The van der Waals surface area contributed by atoms with Crippen molar-refractivity contribution < 1.29 is 24.5 Å². The number of benzene rings is 2. The van der Waals surface area contributed by atoms with Crippen molar-refractivity contribution in [2.75, 3.05) is 12.0 Å². The third kappa shape index (κ3) is 3.34. The number of hydrogen-bond acceptors (Lipinski definition) is 7. The van der Waals surface area contributed by atoms with E-state index in [1.807, 2.05) is 0 Å². The molecule has 0 fully saturated rings. The quantitative estimate of drug-likeness (QED) is 0.580. The van der Waals surface area contributed by atoms with E-state index in [1.54, 1.807) is 56.3 Å². The van der Waals surface area contributed by atoms with E-state index in [4.69, 9.17) is 4.74 Å². The lowest BCUT2D eigenvalue weighted by atomic mass is 9.94. The first-order valence-electron chi connectivity index (χ1n) is 9.51. The number of aromatic nitrogens is 1. The molecule has 1 atom stereocenters. The van der Waals surface area contributed by atoms with Crippen LogP contribution < -0.4 is 9.64 Å². The van der Waals surface area contributed by atoms with E-state index >= 15 is 0 Å². The second-order valence-electron chi connectivity index (χ2n) is 7.05. The summed E-state index contributed by atoms with van der Waals surface area (Å²) in [4.78, 5) is 32.6. The second kappa shape index (κ2) is 7.88. The molecule has 8 heteroatoms. The maximum absolute atomic E-state index is 13.6. The van der Waals surface area contributed by atoms with E-state index in [0.29, 0.717) is 26.9 Å². The van der Waals surface area contributed by atoms with Crippen LogP contribution in [0.5, 0.6) is 11.5 Å². The summed E-state index contributed by atoms with van der Waals surface area (Å²) in [5.74, 6) is -1.63. The predicted molar refractivity (Wildman–Crippen MR) is 117 cm³/mol. The number of carbonyl (C=O) groups is 2. The SMILES string of the molecule is COc1ccccc1C1C(C(=O)c2sc(C)nc2C)=C(O)C(=O)N1c1ccccc1O. The fourth-order valence-corrected chi connectivity index (χ4v) is 4.68. The van der Waals surface area contributed by atoms with Crippen molar-refractivity contribution in [2.45, 2.75) is 19.9 Å². The largest absolute Gasteiger partial charge is 0.506 e. The molecule has 0 radical (unpaired) electrons. The van der Waals surface area contributed by atoms with Crippen LogP contribution in [0, 0.1) is 13.8 Å². The van der Waals surface area contributed by atoms with E-state index < -0.39 is 23.5 Å². The number of methoxy groups -OCH3 is 1. The smallest absolute Gasteiger partial charge is 0.294 e. The third-order valence-corrected chi connectivity index (χ3v) is 6.21. The number of thiazole rings is 1. The zero-order chi connectivity index (χ0) is 22.3. The van der Waals surface area contributed by atoms with Gasteiger partial charge in [-0.25, -0.2) is 4.98 Å². The van der Waals surface area contributed by atoms with Crippen LogP contribution in [-0.4, -0.2) is 34.0 Å². The number of aliphatic hydroxyl groups is 1. The number of aliphatic hydroxyl groups excluding tert-OH is 1. The fraction of sp³-hybridized carbons (Fsp3) is 0.174. The van der Waals surface area contributed by atoms with Crippen molar-refractivity contribution >= 4 is 28.7 Å². The number of rotatable bonds is 5. The maximum Gasteiger partial charge on any atom is 0.294 e. The van der Waals surface area contributed by atoms with Gasteiger partial charge in [0, 0.05) is 5.56 Å². The van der Waals surface area contributed by atoms with Crippen LogP contribution in [0.15, 0.2) is 59.9 Å². The average molecular weight is 436 g/mol. The molecule has 1 amide bonds. The zero-order valence-electron chi connectivity index (χ0n) is 17.1. The third-order valence-electron chi connectivity index (χ3n) is 5.14. The molecule has 31 heavy (non-hydrogen) atoms. The number of phenolic OH excluding ortho intramolecular Hbond substituents is 1. The molecule has 1 aromatic heterocycles. The van der Waals surface area contributed by atoms with Crippen molar-refractivity contribution in [3.63, 3.8) is 0 Å². The van der Waals surface area contributed by atoms with Crippen molar-refractivity contribution in [1.29, 1.82) is 0 Å². The standard InChI is InChI=1S/C23H20N2O5S/c1-12-22(31-13(2)24-12)20(27)18-19(14-8-4-7-11-17(14)30-3)25(23(29)21(18)28)15-9-5-6-10-16(15)26/h4-11,19,26,28H,1-3H3. The monoisotopic (exact) mass is 436 g/mol. The molecule has 1 unspecified atom stereocenters. The van der Waals surface area contributed by atoms with Crippen LogP contribution in [0.3, 0.4) is 0 Å². The molecular formula is C23H20N2O5S. The first-order valence-corrected chi connectivity index (χ1v) is 10.3. The van der Waals surface area contributed by atoms with Crippen molar-refractivity contribution in [3.05, 3.63) is 81.0 Å². The molecule has 158 valence electrons. The highest BCUT2D eigenvalue weighted by Crippen LogP contribution is 2.47. The van der Waals surface area contributed by atoms with Crippen LogP contribution in [0.2, 0.25) is 0 Å². The lowest BCUT2D eigenvalue weighted by molar-refractivity contribution is -0.117. The highest BCUT2D eigenvalue weighted by molar-refractivity contribution is 7.14. The Balaban J connectivity index is 1.96. The topological polar surface area (TPSA) is 100.0 Å². The Labute approximate surface area is 182 Å². The fourth-order valence-electron chi connectivity index (χ4n) is 3.80. The van der Waals surface area contributed by atoms with Gasteiger partial charge in [-0.05, 0) is 32.0 Å². The van der Waals surface area contributed by atoms with E-state index in [9.17, 15) is 19.8 Å². The molecular weight excluding hydrogens is 416 g/mol. The number of anilines is 1. The molecule has 0 saturated carbocycles. The summed E-state index contributed by atoms with van der Waals surface area (Å²) in [6.45, 7) is 3.50. The molecule has 4 rings (SSSR count). The molecule has 1 aliphatic heterocycles. The summed E-state index contributed by atoms with van der Waals surface area (Å²) in [6.07, 6.45) is 0. The molecule has 0 spiro atoms. The molecule has 2 N–H and O–H groups in total. The van der Waals surface area contributed by atoms with Gasteiger partial charge in [0.2, 0.25) is 5.78 Å². The summed E-state index contributed by atoms with van der Waals surface area (Å²) in [6, 6.07) is 12.2. The summed E-state index contributed by atoms with van der Waals surface area (Å²) >= 11 is 1.20. The Kier molecular flexibility index (Phi) is 5.24. The number of hydrogen-bond donors (Lipinski definition) is 2. The molecule has 0 bridgehead atoms. The van der Waals surface area contributed by atoms with Gasteiger partial charge in [0.25, 0.3) is 5.91 Å². The van der Waals surface area contributed by atoms with Gasteiger partial charge < -0.3 is 14.9 Å². The molecule has 7 nitrogen and oxygen atoms in total. The van der Waals surface area contributed by atoms with Gasteiger partial charge in [-0.15, -0.1) is 11.3 Å². The van der Waals surface area contributed by atoms with E-state index in [0.717, 1.165) is 0 Å². The van der Waals surface area contributed by atoms with Gasteiger partial charge in [-0.2, -0.15) is 0 Å². The summed E-state index contributed by atoms with van der Waals surface area (Å²) in [5.41, 5.74) is 1.13. The number of nitrogens with zero attached hydrogens (tertiary/aromatic N) is 2.